The van der Waals surface area contributed by atoms with Crippen molar-refractivity contribution in [3.63, 3.8) is 0 Å². The van der Waals surface area contributed by atoms with Gasteiger partial charge in [-0.2, -0.15) is 0 Å². The van der Waals surface area contributed by atoms with E-state index in [0.717, 1.165) is 27.1 Å². The molecule has 0 aliphatic heterocycles. The van der Waals surface area contributed by atoms with Crippen LogP contribution in [0.25, 0.3) is 33.2 Å². The molecule has 1 nitrogen and oxygen atoms in total. The fraction of sp³-hybridized carbons (Fsp3) is 0. The lowest BCUT2D eigenvalue weighted by atomic mass is 9.95. The van der Waals surface area contributed by atoms with Crippen molar-refractivity contribution in [1.82, 2.24) is 4.98 Å². The number of aromatic nitrogens is 1. The summed E-state index contributed by atoms with van der Waals surface area (Å²) in [4.78, 5) is 4.64. The van der Waals surface area contributed by atoms with Gasteiger partial charge in [0.1, 0.15) is 0 Å². The molecule has 0 aliphatic rings. The zero-order chi connectivity index (χ0) is 15.6. The van der Waals surface area contributed by atoms with E-state index in [-0.39, 0.29) is 0 Å². The molecular formula is C21H14ClN. The quantitative estimate of drug-likeness (QED) is 0.428. The van der Waals surface area contributed by atoms with Crippen LogP contribution >= 0.6 is 11.6 Å². The Morgan fingerprint density at radius 1 is 0.652 bits per heavy atom. The lowest BCUT2D eigenvalue weighted by Gasteiger charge is -2.12. The second-order valence-electron chi connectivity index (χ2n) is 5.41. The summed E-state index contributed by atoms with van der Waals surface area (Å²) in [6.45, 7) is 0. The Bertz CT molecular complexity index is 972. The summed E-state index contributed by atoms with van der Waals surface area (Å²) in [5.41, 5.74) is 4.24. The predicted octanol–water partition coefficient (Wildman–Crippen LogP) is 6.22. The maximum atomic E-state index is 6.42. The average Bonchev–Trinajstić information content (AvgIpc) is 2.62. The largest absolute Gasteiger partial charge is 0.256 e. The average molecular weight is 316 g/mol. The second kappa shape index (κ2) is 5.86. The number of halogens is 1. The first kappa shape index (κ1) is 14.0. The minimum Gasteiger partial charge on any atom is -0.256 e. The molecule has 1 aromatic heterocycles. The van der Waals surface area contributed by atoms with Crippen molar-refractivity contribution in [2.75, 3.05) is 0 Å². The van der Waals surface area contributed by atoms with Gasteiger partial charge in [-0.15, -0.1) is 0 Å². The van der Waals surface area contributed by atoms with Crippen LogP contribution in [-0.2, 0) is 0 Å². The van der Waals surface area contributed by atoms with Crippen LogP contribution < -0.4 is 0 Å². The van der Waals surface area contributed by atoms with E-state index in [9.17, 15) is 0 Å². The van der Waals surface area contributed by atoms with E-state index in [1.807, 2.05) is 42.6 Å². The molecule has 0 bridgehead atoms. The van der Waals surface area contributed by atoms with Gasteiger partial charge in [-0.05, 0) is 28.6 Å². The molecule has 2 heteroatoms. The number of benzene rings is 3. The number of fused-ring (bicyclic) bond motifs is 1. The number of hydrogen-bond acceptors (Lipinski definition) is 1. The molecule has 4 aromatic rings. The summed E-state index contributed by atoms with van der Waals surface area (Å²) in [5, 5.41) is 3.01. The smallest absolute Gasteiger partial charge is 0.0801 e. The Kier molecular flexibility index (Phi) is 3.57. The highest BCUT2D eigenvalue weighted by Crippen LogP contribution is 2.37. The summed E-state index contributed by atoms with van der Waals surface area (Å²) in [7, 11) is 0. The third-order valence-corrected chi connectivity index (χ3v) is 4.33. The summed E-state index contributed by atoms with van der Waals surface area (Å²) < 4.78 is 0. The van der Waals surface area contributed by atoms with Crippen molar-refractivity contribution in [2.45, 2.75) is 0 Å². The van der Waals surface area contributed by atoms with Gasteiger partial charge >= 0.3 is 0 Å². The minimum absolute atomic E-state index is 0.718. The van der Waals surface area contributed by atoms with E-state index >= 15 is 0 Å². The SMILES string of the molecule is Clc1ccccc1-c1nccc2cccc(-c3ccccc3)c12. The van der Waals surface area contributed by atoms with Gasteiger partial charge < -0.3 is 0 Å². The highest BCUT2D eigenvalue weighted by atomic mass is 35.5. The molecule has 0 aliphatic carbocycles. The molecule has 0 saturated heterocycles. The van der Waals surface area contributed by atoms with Crippen molar-refractivity contribution in [3.8, 4) is 22.4 Å². The number of rotatable bonds is 2. The molecule has 0 saturated carbocycles. The maximum absolute atomic E-state index is 6.42. The summed E-state index contributed by atoms with van der Waals surface area (Å²) in [6.07, 6.45) is 1.84. The highest BCUT2D eigenvalue weighted by molar-refractivity contribution is 6.33. The van der Waals surface area contributed by atoms with Gasteiger partial charge in [0.25, 0.3) is 0 Å². The normalized spacial score (nSPS) is 10.8. The van der Waals surface area contributed by atoms with Crippen LogP contribution in [0.1, 0.15) is 0 Å². The Balaban J connectivity index is 2.09. The third-order valence-electron chi connectivity index (χ3n) is 4.00. The van der Waals surface area contributed by atoms with Gasteiger partial charge in [0.05, 0.1) is 5.69 Å². The summed E-state index contributed by atoms with van der Waals surface area (Å²) in [6, 6.07) is 26.6. The maximum Gasteiger partial charge on any atom is 0.0801 e. The van der Waals surface area contributed by atoms with Crippen molar-refractivity contribution in [1.29, 1.82) is 0 Å². The second-order valence-corrected chi connectivity index (χ2v) is 5.82. The lowest BCUT2D eigenvalue weighted by Crippen LogP contribution is -1.90. The van der Waals surface area contributed by atoms with E-state index < -0.39 is 0 Å². The van der Waals surface area contributed by atoms with Crippen LogP contribution in [0.4, 0.5) is 0 Å². The van der Waals surface area contributed by atoms with Gasteiger partial charge in [-0.25, -0.2) is 0 Å². The number of pyridine rings is 1. The highest BCUT2D eigenvalue weighted by Gasteiger charge is 2.12. The summed E-state index contributed by atoms with van der Waals surface area (Å²) in [5.74, 6) is 0. The predicted molar refractivity (Wildman–Crippen MR) is 97.6 cm³/mol. The Labute approximate surface area is 140 Å². The van der Waals surface area contributed by atoms with Gasteiger partial charge in [-0.1, -0.05) is 78.3 Å². The van der Waals surface area contributed by atoms with Crippen molar-refractivity contribution < 1.29 is 0 Å². The van der Waals surface area contributed by atoms with E-state index in [1.54, 1.807) is 0 Å². The topological polar surface area (TPSA) is 12.9 Å². The van der Waals surface area contributed by atoms with Crippen molar-refractivity contribution >= 4 is 22.4 Å². The standard InChI is InChI=1S/C21H14ClN/c22-19-12-5-4-10-18(19)21-20-16(13-14-23-21)9-6-11-17(20)15-7-2-1-3-8-15/h1-14H. The lowest BCUT2D eigenvalue weighted by molar-refractivity contribution is 1.36. The van der Waals surface area contributed by atoms with E-state index in [2.05, 4.69) is 47.4 Å². The molecular weight excluding hydrogens is 302 g/mol. The molecule has 0 N–H and O–H groups in total. The van der Waals surface area contributed by atoms with Crippen LogP contribution in [0.2, 0.25) is 5.02 Å². The zero-order valence-corrected chi connectivity index (χ0v) is 13.2. The van der Waals surface area contributed by atoms with Gasteiger partial charge in [-0.3, -0.25) is 4.98 Å². The van der Waals surface area contributed by atoms with Crippen LogP contribution in [-0.4, -0.2) is 4.98 Å². The van der Waals surface area contributed by atoms with Crippen LogP contribution in [0.5, 0.6) is 0 Å². The summed E-state index contributed by atoms with van der Waals surface area (Å²) >= 11 is 6.42. The van der Waals surface area contributed by atoms with Crippen molar-refractivity contribution in [2.24, 2.45) is 0 Å². The Hall–Kier alpha value is -2.64. The van der Waals surface area contributed by atoms with Gasteiger partial charge in [0.2, 0.25) is 0 Å². The minimum atomic E-state index is 0.718. The molecule has 110 valence electrons. The van der Waals surface area contributed by atoms with Crippen LogP contribution in [0.15, 0.2) is 85.1 Å². The molecule has 1 heterocycles. The Morgan fingerprint density at radius 2 is 1.39 bits per heavy atom. The molecule has 0 atom stereocenters. The van der Waals surface area contributed by atoms with E-state index in [1.165, 1.54) is 11.1 Å². The first-order valence-electron chi connectivity index (χ1n) is 7.52. The van der Waals surface area contributed by atoms with Crippen molar-refractivity contribution in [3.05, 3.63) is 90.1 Å². The molecule has 23 heavy (non-hydrogen) atoms. The molecule has 0 unspecified atom stereocenters. The third kappa shape index (κ3) is 2.49. The molecule has 0 spiro atoms. The van der Waals surface area contributed by atoms with E-state index in [0.29, 0.717) is 0 Å². The number of nitrogens with zero attached hydrogens (tertiary/aromatic N) is 1. The number of hydrogen-bond donors (Lipinski definition) is 0. The fourth-order valence-electron chi connectivity index (χ4n) is 2.95. The Morgan fingerprint density at radius 3 is 2.22 bits per heavy atom. The van der Waals surface area contributed by atoms with E-state index in [4.69, 9.17) is 11.6 Å². The molecule has 0 fully saturated rings. The molecule has 3 aromatic carbocycles. The molecule has 4 rings (SSSR count). The van der Waals surface area contributed by atoms with Crippen LogP contribution in [0.3, 0.4) is 0 Å². The van der Waals surface area contributed by atoms with Gasteiger partial charge in [0, 0.05) is 22.2 Å². The van der Waals surface area contributed by atoms with Crippen LogP contribution in [0, 0.1) is 0 Å². The molecule has 0 amide bonds. The monoisotopic (exact) mass is 315 g/mol. The zero-order valence-electron chi connectivity index (χ0n) is 12.4. The first-order valence-corrected chi connectivity index (χ1v) is 7.90. The molecule has 0 radical (unpaired) electrons. The first-order chi connectivity index (χ1) is 11.3. The van der Waals surface area contributed by atoms with Gasteiger partial charge in [0.15, 0.2) is 0 Å². The fourth-order valence-corrected chi connectivity index (χ4v) is 3.17.